The van der Waals surface area contributed by atoms with Crippen LogP contribution in [0.3, 0.4) is 0 Å². The molecule has 4 nitrogen and oxygen atoms in total. The summed E-state index contributed by atoms with van der Waals surface area (Å²) in [6, 6.07) is 16.5. The Hall–Kier alpha value is -2.92. The fourth-order valence-corrected chi connectivity index (χ4v) is 3.89. The molecule has 4 rings (SSSR count). The highest BCUT2D eigenvalue weighted by molar-refractivity contribution is 7.09. The summed E-state index contributed by atoms with van der Waals surface area (Å²) in [5.74, 6) is 0.798. The van der Waals surface area contributed by atoms with E-state index in [1.807, 2.05) is 47.5 Å². The Labute approximate surface area is 181 Å². The second-order valence-corrected chi connectivity index (χ2v) is 8.76. The predicted octanol–water partition coefficient (Wildman–Crippen LogP) is 5.54. The van der Waals surface area contributed by atoms with Crippen LogP contribution in [-0.4, -0.2) is 21.8 Å². The molecule has 0 unspecified atom stereocenters. The van der Waals surface area contributed by atoms with Gasteiger partial charge < -0.3 is 9.64 Å². The summed E-state index contributed by atoms with van der Waals surface area (Å²) in [6.45, 7) is 5.13. The monoisotopic (exact) mass is 418 g/mol. The maximum Gasteiger partial charge on any atom is 0.247 e. The third kappa shape index (κ3) is 5.36. The van der Waals surface area contributed by atoms with Gasteiger partial charge in [-0.2, -0.15) is 0 Å². The lowest BCUT2D eigenvalue weighted by Crippen LogP contribution is -2.31. The van der Waals surface area contributed by atoms with Gasteiger partial charge in [-0.3, -0.25) is 4.79 Å². The van der Waals surface area contributed by atoms with Crippen LogP contribution in [0.15, 0.2) is 60.0 Å². The van der Waals surface area contributed by atoms with Crippen LogP contribution in [0.1, 0.15) is 40.2 Å². The van der Waals surface area contributed by atoms with E-state index in [1.54, 1.807) is 17.4 Å². The maximum atomic E-state index is 13.0. The average molecular weight is 419 g/mol. The van der Waals surface area contributed by atoms with Gasteiger partial charge in [0.15, 0.2) is 0 Å². The minimum absolute atomic E-state index is 0.0444. The van der Waals surface area contributed by atoms with E-state index < -0.39 is 0 Å². The number of para-hydroxylation sites is 1. The van der Waals surface area contributed by atoms with E-state index in [0.717, 1.165) is 40.4 Å². The molecule has 1 fully saturated rings. The highest BCUT2D eigenvalue weighted by Crippen LogP contribution is 2.29. The zero-order chi connectivity index (χ0) is 20.9. The summed E-state index contributed by atoms with van der Waals surface area (Å²) >= 11 is 1.62. The largest absolute Gasteiger partial charge is 0.487 e. The summed E-state index contributed by atoms with van der Waals surface area (Å²) in [5.41, 5.74) is 4.21. The van der Waals surface area contributed by atoms with Crippen LogP contribution in [0.5, 0.6) is 5.75 Å². The summed E-state index contributed by atoms with van der Waals surface area (Å²) in [7, 11) is 0. The number of benzene rings is 2. The highest BCUT2D eigenvalue weighted by atomic mass is 32.1. The van der Waals surface area contributed by atoms with E-state index in [1.165, 1.54) is 5.56 Å². The number of carbonyl (C=O) groups excluding carboxylic acids is 1. The Balaban J connectivity index is 1.44. The number of rotatable bonds is 8. The van der Waals surface area contributed by atoms with Gasteiger partial charge in [0.05, 0.1) is 10.7 Å². The van der Waals surface area contributed by atoms with Crippen LogP contribution in [0, 0.1) is 13.8 Å². The molecule has 5 heteroatoms. The van der Waals surface area contributed by atoms with Crippen LogP contribution in [0.4, 0.5) is 0 Å². The number of hydrogen-bond donors (Lipinski definition) is 0. The normalized spacial score (nSPS) is 13.5. The van der Waals surface area contributed by atoms with Gasteiger partial charge in [-0.15, -0.1) is 11.3 Å². The van der Waals surface area contributed by atoms with Gasteiger partial charge in [0, 0.05) is 29.6 Å². The van der Waals surface area contributed by atoms with Crippen molar-refractivity contribution >= 4 is 23.3 Å². The Kier molecular flexibility index (Phi) is 6.29. The molecule has 0 aliphatic heterocycles. The molecule has 1 heterocycles. The van der Waals surface area contributed by atoms with Crippen LogP contribution in [-0.2, 0) is 17.9 Å². The van der Waals surface area contributed by atoms with E-state index in [0.29, 0.717) is 19.2 Å². The number of thiazole rings is 1. The van der Waals surface area contributed by atoms with Crippen molar-refractivity contribution in [2.24, 2.45) is 0 Å². The van der Waals surface area contributed by atoms with Crippen LogP contribution in [0.25, 0.3) is 6.08 Å². The highest BCUT2D eigenvalue weighted by Gasteiger charge is 2.31. The molecule has 0 spiro atoms. The summed E-state index contributed by atoms with van der Waals surface area (Å²) in [4.78, 5) is 19.4. The molecule has 0 radical (unpaired) electrons. The van der Waals surface area contributed by atoms with Crippen molar-refractivity contribution in [3.8, 4) is 5.75 Å². The lowest BCUT2D eigenvalue weighted by molar-refractivity contribution is -0.127. The molecular weight excluding hydrogens is 392 g/mol. The summed E-state index contributed by atoms with van der Waals surface area (Å²) in [6.07, 6.45) is 5.69. The molecule has 3 aromatic rings. The molecule has 2 aromatic carbocycles. The van der Waals surface area contributed by atoms with Gasteiger partial charge >= 0.3 is 0 Å². The van der Waals surface area contributed by atoms with Crippen LogP contribution >= 0.6 is 11.3 Å². The average Bonchev–Trinajstić information content (AvgIpc) is 3.51. The number of aryl methyl sites for hydroxylation is 2. The zero-order valence-corrected chi connectivity index (χ0v) is 18.2. The number of amides is 1. The molecule has 0 atom stereocenters. The number of carbonyl (C=O) groups is 1. The van der Waals surface area contributed by atoms with Crippen molar-refractivity contribution in [2.45, 2.75) is 45.9 Å². The third-order valence-electron chi connectivity index (χ3n) is 5.11. The van der Waals surface area contributed by atoms with Crippen molar-refractivity contribution in [2.75, 3.05) is 0 Å². The second-order valence-electron chi connectivity index (χ2n) is 7.70. The molecule has 154 valence electrons. The number of hydrogen-bond acceptors (Lipinski definition) is 4. The first-order valence-corrected chi connectivity index (χ1v) is 11.1. The fraction of sp³-hybridized carbons (Fsp3) is 0.280. The molecule has 1 aliphatic rings. The molecule has 0 bridgehead atoms. The Morgan fingerprint density at radius 2 is 1.93 bits per heavy atom. The summed E-state index contributed by atoms with van der Waals surface area (Å²) < 4.78 is 5.96. The number of aromatic nitrogens is 1. The molecular formula is C25H26N2O2S. The second kappa shape index (κ2) is 9.26. The van der Waals surface area contributed by atoms with Gasteiger partial charge in [0.25, 0.3) is 0 Å². The smallest absolute Gasteiger partial charge is 0.247 e. The topological polar surface area (TPSA) is 42.4 Å². The van der Waals surface area contributed by atoms with Gasteiger partial charge in [-0.25, -0.2) is 4.98 Å². The van der Waals surface area contributed by atoms with Crippen molar-refractivity contribution in [1.29, 1.82) is 0 Å². The quantitative estimate of drug-likeness (QED) is 0.451. The Bertz CT molecular complexity index is 1040. The first-order valence-electron chi connectivity index (χ1n) is 10.3. The first kappa shape index (κ1) is 20.4. The molecule has 1 saturated carbocycles. The molecule has 0 saturated heterocycles. The van der Waals surface area contributed by atoms with E-state index in [9.17, 15) is 4.79 Å². The van der Waals surface area contributed by atoms with Crippen LogP contribution in [0.2, 0.25) is 0 Å². The number of nitrogens with zero attached hydrogens (tertiary/aromatic N) is 2. The zero-order valence-electron chi connectivity index (χ0n) is 17.4. The van der Waals surface area contributed by atoms with Crippen molar-refractivity contribution in [3.63, 3.8) is 0 Å². The van der Waals surface area contributed by atoms with E-state index in [2.05, 4.69) is 36.2 Å². The standard InChI is InChI=1S/C25H26N2O2S/c1-18-7-9-20(10-8-18)15-27(23-12-13-23)25(28)14-11-21-5-3-4-6-24(21)29-16-22-17-30-19(2)26-22/h3-11,14,17,23H,12-13,15-16H2,1-2H3/b14-11+. The molecule has 1 aliphatic carbocycles. The minimum atomic E-state index is 0.0444. The first-order chi connectivity index (χ1) is 14.6. The third-order valence-corrected chi connectivity index (χ3v) is 5.93. The van der Waals surface area contributed by atoms with E-state index >= 15 is 0 Å². The van der Waals surface area contributed by atoms with E-state index in [-0.39, 0.29) is 5.91 Å². The van der Waals surface area contributed by atoms with Gasteiger partial charge in [0.1, 0.15) is 12.4 Å². The Morgan fingerprint density at radius 3 is 2.63 bits per heavy atom. The molecule has 30 heavy (non-hydrogen) atoms. The SMILES string of the molecule is Cc1ccc(CN(C(=O)/C=C/c2ccccc2OCc2csc(C)n2)C2CC2)cc1. The van der Waals surface area contributed by atoms with Gasteiger partial charge in [0.2, 0.25) is 5.91 Å². The van der Waals surface area contributed by atoms with Crippen LogP contribution < -0.4 is 4.74 Å². The molecule has 1 aromatic heterocycles. The van der Waals surface area contributed by atoms with Crippen molar-refractivity contribution in [1.82, 2.24) is 9.88 Å². The fourth-order valence-electron chi connectivity index (χ4n) is 3.30. The van der Waals surface area contributed by atoms with Crippen molar-refractivity contribution in [3.05, 3.63) is 87.4 Å². The lowest BCUT2D eigenvalue weighted by Gasteiger charge is -2.21. The van der Waals surface area contributed by atoms with Crippen molar-refractivity contribution < 1.29 is 9.53 Å². The summed E-state index contributed by atoms with van der Waals surface area (Å²) in [5, 5.41) is 3.04. The van der Waals surface area contributed by atoms with E-state index in [4.69, 9.17) is 4.74 Å². The Morgan fingerprint density at radius 1 is 1.17 bits per heavy atom. The predicted molar refractivity (Wildman–Crippen MR) is 121 cm³/mol. The van der Waals surface area contributed by atoms with Gasteiger partial charge in [-0.05, 0) is 44.4 Å². The maximum absolute atomic E-state index is 13.0. The molecule has 0 N–H and O–H groups in total. The lowest BCUT2D eigenvalue weighted by atomic mass is 10.1. The van der Waals surface area contributed by atoms with Gasteiger partial charge in [-0.1, -0.05) is 48.0 Å². The number of ether oxygens (including phenoxy) is 1. The minimum Gasteiger partial charge on any atom is -0.487 e. The molecule has 1 amide bonds.